The average Bonchev–Trinajstić information content (AvgIpc) is 2.92. The molecule has 1 aromatic heterocycles. The summed E-state index contributed by atoms with van der Waals surface area (Å²) in [5, 5.41) is 8.37. The topological polar surface area (TPSA) is 29.9 Å². The molecule has 3 heteroatoms. The number of rotatable bonds is 8. The van der Waals surface area contributed by atoms with Crippen LogP contribution in [-0.4, -0.2) is 22.9 Å². The molecule has 1 heterocycles. The SMILES string of the molecule is CCCNCCC(C)(C)Cc1ccn(C2CCCCC2)n1. The van der Waals surface area contributed by atoms with Crippen molar-refractivity contribution < 1.29 is 0 Å². The molecule has 0 radical (unpaired) electrons. The second kappa shape index (κ2) is 7.98. The Morgan fingerprint density at radius 1 is 1.24 bits per heavy atom. The van der Waals surface area contributed by atoms with Crippen molar-refractivity contribution in [3.05, 3.63) is 18.0 Å². The third-order valence-corrected chi connectivity index (χ3v) is 4.68. The van der Waals surface area contributed by atoms with E-state index in [-0.39, 0.29) is 0 Å². The summed E-state index contributed by atoms with van der Waals surface area (Å²) >= 11 is 0. The lowest BCUT2D eigenvalue weighted by atomic mass is 9.84. The van der Waals surface area contributed by atoms with Crippen LogP contribution >= 0.6 is 0 Å². The van der Waals surface area contributed by atoms with Crippen LogP contribution in [0.4, 0.5) is 0 Å². The molecule has 1 aliphatic carbocycles. The minimum atomic E-state index is 0.326. The van der Waals surface area contributed by atoms with Crippen LogP contribution in [0, 0.1) is 5.41 Å². The van der Waals surface area contributed by atoms with Crippen LogP contribution in [-0.2, 0) is 6.42 Å². The molecule has 120 valence electrons. The van der Waals surface area contributed by atoms with Crippen LogP contribution in [0.5, 0.6) is 0 Å². The van der Waals surface area contributed by atoms with Gasteiger partial charge < -0.3 is 5.32 Å². The first kappa shape index (κ1) is 16.5. The maximum absolute atomic E-state index is 4.86. The highest BCUT2D eigenvalue weighted by Gasteiger charge is 2.21. The van der Waals surface area contributed by atoms with E-state index in [0.29, 0.717) is 11.5 Å². The van der Waals surface area contributed by atoms with Crippen molar-refractivity contribution >= 4 is 0 Å². The quantitative estimate of drug-likeness (QED) is 0.722. The van der Waals surface area contributed by atoms with Crippen LogP contribution in [0.2, 0.25) is 0 Å². The minimum Gasteiger partial charge on any atom is -0.317 e. The van der Waals surface area contributed by atoms with Gasteiger partial charge in [0.15, 0.2) is 0 Å². The molecule has 2 rings (SSSR count). The van der Waals surface area contributed by atoms with Gasteiger partial charge in [0.2, 0.25) is 0 Å². The van der Waals surface area contributed by atoms with E-state index >= 15 is 0 Å². The van der Waals surface area contributed by atoms with Crippen LogP contribution < -0.4 is 5.32 Å². The highest BCUT2D eigenvalue weighted by Crippen LogP contribution is 2.29. The molecule has 21 heavy (non-hydrogen) atoms. The van der Waals surface area contributed by atoms with Gasteiger partial charge in [-0.05, 0) is 56.7 Å². The van der Waals surface area contributed by atoms with Crippen molar-refractivity contribution in [3.63, 3.8) is 0 Å². The fraction of sp³-hybridized carbons (Fsp3) is 0.833. The Balaban J connectivity index is 1.82. The van der Waals surface area contributed by atoms with Crippen molar-refractivity contribution in [2.24, 2.45) is 5.41 Å². The molecule has 0 amide bonds. The first-order chi connectivity index (χ1) is 10.1. The molecule has 1 fully saturated rings. The van der Waals surface area contributed by atoms with E-state index < -0.39 is 0 Å². The third-order valence-electron chi connectivity index (χ3n) is 4.68. The van der Waals surface area contributed by atoms with Crippen LogP contribution in [0.15, 0.2) is 12.3 Å². The number of nitrogens with one attached hydrogen (secondary N) is 1. The average molecular weight is 291 g/mol. The molecular weight excluding hydrogens is 258 g/mol. The Morgan fingerprint density at radius 3 is 2.71 bits per heavy atom. The fourth-order valence-electron chi connectivity index (χ4n) is 3.33. The van der Waals surface area contributed by atoms with Gasteiger partial charge in [-0.15, -0.1) is 0 Å². The Morgan fingerprint density at radius 2 is 2.00 bits per heavy atom. The van der Waals surface area contributed by atoms with Gasteiger partial charge in [-0.1, -0.05) is 40.0 Å². The number of aromatic nitrogens is 2. The second-order valence-electron chi connectivity index (χ2n) is 7.42. The predicted molar refractivity (Wildman–Crippen MR) is 89.6 cm³/mol. The zero-order valence-electron chi connectivity index (χ0n) is 14.2. The summed E-state index contributed by atoms with van der Waals surface area (Å²) in [6.07, 6.45) is 12.5. The van der Waals surface area contributed by atoms with E-state index in [4.69, 9.17) is 5.10 Å². The first-order valence-electron chi connectivity index (χ1n) is 8.85. The maximum atomic E-state index is 4.86. The van der Waals surface area contributed by atoms with Crippen molar-refractivity contribution in [2.45, 2.75) is 78.2 Å². The standard InChI is InChI=1S/C18H33N3/c1-4-12-19-13-11-18(2,3)15-16-10-14-21(20-16)17-8-6-5-7-9-17/h10,14,17,19H,4-9,11-13,15H2,1-3H3. The van der Waals surface area contributed by atoms with E-state index in [1.54, 1.807) is 0 Å². The molecule has 0 bridgehead atoms. The molecule has 0 aromatic carbocycles. The fourth-order valence-corrected chi connectivity index (χ4v) is 3.33. The summed E-state index contributed by atoms with van der Waals surface area (Å²) in [7, 11) is 0. The van der Waals surface area contributed by atoms with Gasteiger partial charge in [-0.25, -0.2) is 0 Å². The normalized spacial score (nSPS) is 17.3. The highest BCUT2D eigenvalue weighted by molar-refractivity contribution is 5.03. The lowest BCUT2D eigenvalue weighted by Gasteiger charge is -2.24. The van der Waals surface area contributed by atoms with Gasteiger partial charge in [0.25, 0.3) is 0 Å². The summed E-state index contributed by atoms with van der Waals surface area (Å²) in [4.78, 5) is 0. The van der Waals surface area contributed by atoms with Gasteiger partial charge in [0.1, 0.15) is 0 Å². The smallest absolute Gasteiger partial charge is 0.0630 e. The molecule has 1 saturated carbocycles. The van der Waals surface area contributed by atoms with Gasteiger partial charge in [-0.3, -0.25) is 4.68 Å². The molecule has 1 aromatic rings. The molecule has 0 aliphatic heterocycles. The lowest BCUT2D eigenvalue weighted by molar-refractivity contribution is 0.309. The Bertz CT molecular complexity index is 402. The van der Waals surface area contributed by atoms with Crippen molar-refractivity contribution in [1.82, 2.24) is 15.1 Å². The lowest BCUT2D eigenvalue weighted by Crippen LogP contribution is -2.25. The van der Waals surface area contributed by atoms with Gasteiger partial charge >= 0.3 is 0 Å². The predicted octanol–water partition coefficient (Wildman–Crippen LogP) is 4.35. The number of hydrogen-bond acceptors (Lipinski definition) is 2. The van der Waals surface area contributed by atoms with Crippen LogP contribution in [0.25, 0.3) is 0 Å². The van der Waals surface area contributed by atoms with E-state index in [0.717, 1.165) is 19.5 Å². The Labute approximate surface area is 130 Å². The summed E-state index contributed by atoms with van der Waals surface area (Å²) in [6, 6.07) is 2.89. The molecule has 0 saturated heterocycles. The maximum Gasteiger partial charge on any atom is 0.0630 e. The summed E-state index contributed by atoms with van der Waals surface area (Å²) < 4.78 is 2.24. The van der Waals surface area contributed by atoms with E-state index in [2.05, 4.69) is 43.0 Å². The van der Waals surface area contributed by atoms with Gasteiger partial charge in [0.05, 0.1) is 11.7 Å². The summed E-state index contributed by atoms with van der Waals surface area (Å²) in [5.74, 6) is 0. The zero-order chi connectivity index (χ0) is 15.1. The van der Waals surface area contributed by atoms with Crippen molar-refractivity contribution in [2.75, 3.05) is 13.1 Å². The molecule has 0 spiro atoms. The summed E-state index contributed by atoms with van der Waals surface area (Å²) in [5.41, 5.74) is 1.59. The number of nitrogens with zero attached hydrogens (tertiary/aromatic N) is 2. The molecule has 1 aliphatic rings. The zero-order valence-corrected chi connectivity index (χ0v) is 14.2. The molecule has 1 N–H and O–H groups in total. The van der Waals surface area contributed by atoms with Gasteiger partial charge in [-0.2, -0.15) is 5.10 Å². The monoisotopic (exact) mass is 291 g/mol. The van der Waals surface area contributed by atoms with E-state index in [1.165, 1.54) is 50.6 Å². The van der Waals surface area contributed by atoms with Crippen LogP contribution in [0.1, 0.15) is 77.5 Å². The highest BCUT2D eigenvalue weighted by atomic mass is 15.3. The summed E-state index contributed by atoms with van der Waals surface area (Å²) in [6.45, 7) is 9.19. The Kier molecular flexibility index (Phi) is 6.28. The third kappa shape index (κ3) is 5.46. The molecule has 3 nitrogen and oxygen atoms in total. The second-order valence-corrected chi connectivity index (χ2v) is 7.42. The number of hydrogen-bond donors (Lipinski definition) is 1. The first-order valence-corrected chi connectivity index (χ1v) is 8.85. The van der Waals surface area contributed by atoms with E-state index in [1.807, 2.05) is 0 Å². The van der Waals surface area contributed by atoms with Crippen LogP contribution in [0.3, 0.4) is 0 Å². The minimum absolute atomic E-state index is 0.326. The molecule has 0 unspecified atom stereocenters. The largest absolute Gasteiger partial charge is 0.317 e. The van der Waals surface area contributed by atoms with E-state index in [9.17, 15) is 0 Å². The van der Waals surface area contributed by atoms with Crippen molar-refractivity contribution in [1.29, 1.82) is 0 Å². The molecule has 0 atom stereocenters. The molecular formula is C18H33N3. The Hall–Kier alpha value is -0.830. The van der Waals surface area contributed by atoms with Gasteiger partial charge in [0, 0.05) is 6.20 Å². The van der Waals surface area contributed by atoms with Crippen molar-refractivity contribution in [3.8, 4) is 0 Å².